The van der Waals surface area contributed by atoms with Crippen LogP contribution in [0.15, 0.2) is 35.1 Å². The van der Waals surface area contributed by atoms with E-state index in [9.17, 15) is 9.59 Å². The van der Waals surface area contributed by atoms with Crippen LogP contribution in [0.1, 0.15) is 17.7 Å². The minimum absolute atomic E-state index is 0.0517. The van der Waals surface area contributed by atoms with E-state index in [0.29, 0.717) is 19.5 Å². The number of benzene rings is 1. The van der Waals surface area contributed by atoms with Gasteiger partial charge in [-0.1, -0.05) is 17.7 Å². The van der Waals surface area contributed by atoms with Gasteiger partial charge in [0.05, 0.1) is 5.69 Å². The molecule has 1 aromatic heterocycles. The van der Waals surface area contributed by atoms with E-state index in [2.05, 4.69) is 16.1 Å². The normalized spacial score (nSPS) is 19.7. The number of carbonyl (C=O) groups excluding carboxylic acids is 1. The maximum atomic E-state index is 13.0. The third kappa shape index (κ3) is 3.72. The highest BCUT2D eigenvalue weighted by atomic mass is 35.5. The molecule has 27 heavy (non-hydrogen) atoms. The monoisotopic (exact) mass is 386 g/mol. The number of nitrogens with zero attached hydrogens (tertiary/aromatic N) is 4. The van der Waals surface area contributed by atoms with Crippen molar-refractivity contribution < 1.29 is 4.79 Å². The zero-order valence-corrected chi connectivity index (χ0v) is 16.2. The van der Waals surface area contributed by atoms with Gasteiger partial charge in [-0.05, 0) is 43.0 Å². The van der Waals surface area contributed by atoms with Crippen LogP contribution in [0.4, 0.5) is 5.69 Å². The van der Waals surface area contributed by atoms with Crippen molar-refractivity contribution in [2.45, 2.75) is 19.3 Å². The molecule has 0 bridgehead atoms. The van der Waals surface area contributed by atoms with Crippen LogP contribution < -0.4 is 10.5 Å². The predicted molar refractivity (Wildman–Crippen MR) is 105 cm³/mol. The molecule has 1 aliphatic carbocycles. The molecule has 0 unspecified atom stereocenters. The van der Waals surface area contributed by atoms with Crippen molar-refractivity contribution in [1.29, 1.82) is 0 Å². The Morgan fingerprint density at radius 2 is 1.96 bits per heavy atom. The van der Waals surface area contributed by atoms with Crippen LogP contribution in [-0.4, -0.2) is 46.8 Å². The first-order valence-corrected chi connectivity index (χ1v) is 9.74. The van der Waals surface area contributed by atoms with E-state index in [1.54, 1.807) is 13.1 Å². The van der Waals surface area contributed by atoms with Crippen LogP contribution in [0, 0.1) is 5.92 Å². The Hall–Kier alpha value is -2.34. The molecule has 1 amide bonds. The van der Waals surface area contributed by atoms with Crippen molar-refractivity contribution in [1.82, 2.24) is 14.7 Å². The highest BCUT2D eigenvalue weighted by Gasteiger charge is 2.31. The number of rotatable bonds is 2. The molecule has 1 aliphatic heterocycles. The second-order valence-electron chi connectivity index (χ2n) is 7.31. The number of aromatic nitrogens is 2. The lowest BCUT2D eigenvalue weighted by Crippen LogP contribution is -2.51. The third-order valence-corrected chi connectivity index (χ3v) is 5.80. The number of piperazine rings is 1. The van der Waals surface area contributed by atoms with Crippen LogP contribution in [0.25, 0.3) is 0 Å². The van der Waals surface area contributed by atoms with Crippen molar-refractivity contribution in [2.24, 2.45) is 13.0 Å². The van der Waals surface area contributed by atoms with Gasteiger partial charge < -0.3 is 9.80 Å². The minimum atomic E-state index is -0.114. The standard InChI is InChI=1S/C20H23ClN4O2/c1-23-19(26)12-15-11-14(5-6-18(15)22-23)20(27)25-9-7-24(8-10-25)17-4-2-3-16(21)13-17/h2-4,12-14H,5-11H2,1H3/t14-/m0/s1. The largest absolute Gasteiger partial charge is 0.368 e. The van der Waals surface area contributed by atoms with E-state index in [4.69, 9.17) is 11.6 Å². The Bertz CT molecular complexity index is 918. The molecule has 6 nitrogen and oxygen atoms in total. The predicted octanol–water partition coefficient (Wildman–Crippen LogP) is 1.89. The molecule has 1 saturated heterocycles. The van der Waals surface area contributed by atoms with Crippen LogP contribution in [0.2, 0.25) is 5.02 Å². The average molecular weight is 387 g/mol. The van der Waals surface area contributed by atoms with Gasteiger partial charge in [0, 0.05) is 55.9 Å². The molecule has 1 aromatic carbocycles. The van der Waals surface area contributed by atoms with Crippen molar-refractivity contribution in [2.75, 3.05) is 31.1 Å². The number of amides is 1. The Morgan fingerprint density at radius 3 is 2.70 bits per heavy atom. The van der Waals surface area contributed by atoms with Crippen LogP contribution >= 0.6 is 11.6 Å². The van der Waals surface area contributed by atoms with E-state index in [1.807, 2.05) is 23.1 Å². The Balaban J connectivity index is 1.40. The fourth-order valence-electron chi connectivity index (χ4n) is 4.01. The summed E-state index contributed by atoms with van der Waals surface area (Å²) in [4.78, 5) is 29.1. The molecule has 7 heteroatoms. The molecule has 4 rings (SSSR count). The van der Waals surface area contributed by atoms with E-state index < -0.39 is 0 Å². The Kier molecular flexibility index (Phi) is 4.91. The molecule has 2 heterocycles. The molecule has 1 atom stereocenters. The zero-order chi connectivity index (χ0) is 19.0. The summed E-state index contributed by atoms with van der Waals surface area (Å²) in [5.74, 6) is 0.149. The number of hydrogen-bond acceptors (Lipinski definition) is 4. The van der Waals surface area contributed by atoms with Gasteiger partial charge >= 0.3 is 0 Å². The molecule has 0 N–H and O–H groups in total. The van der Waals surface area contributed by atoms with Crippen LogP contribution in [0.3, 0.4) is 0 Å². The fraction of sp³-hybridized carbons (Fsp3) is 0.450. The second-order valence-corrected chi connectivity index (χ2v) is 7.75. The Labute approximate surface area is 163 Å². The number of hydrogen-bond donors (Lipinski definition) is 0. The molecule has 1 fully saturated rings. The van der Waals surface area contributed by atoms with Crippen molar-refractivity contribution in [3.63, 3.8) is 0 Å². The summed E-state index contributed by atoms with van der Waals surface area (Å²) in [6.07, 6.45) is 2.17. The lowest BCUT2D eigenvalue weighted by molar-refractivity contribution is -0.136. The van der Waals surface area contributed by atoms with Gasteiger partial charge in [-0.3, -0.25) is 9.59 Å². The van der Waals surface area contributed by atoms with E-state index in [1.165, 1.54) is 4.68 Å². The number of aryl methyl sites for hydroxylation is 2. The van der Waals surface area contributed by atoms with Crippen LogP contribution in [0.5, 0.6) is 0 Å². The van der Waals surface area contributed by atoms with Gasteiger partial charge in [0.1, 0.15) is 0 Å². The van der Waals surface area contributed by atoms with Crippen molar-refractivity contribution >= 4 is 23.2 Å². The second kappa shape index (κ2) is 7.35. The molecular weight excluding hydrogens is 364 g/mol. The van der Waals surface area contributed by atoms with Gasteiger partial charge in [-0.15, -0.1) is 0 Å². The molecule has 142 valence electrons. The maximum Gasteiger partial charge on any atom is 0.266 e. The fourth-order valence-corrected chi connectivity index (χ4v) is 4.20. The molecular formula is C20H23ClN4O2. The van der Waals surface area contributed by atoms with E-state index in [0.717, 1.165) is 47.9 Å². The van der Waals surface area contributed by atoms with Gasteiger partial charge in [-0.2, -0.15) is 5.10 Å². The summed E-state index contributed by atoms with van der Waals surface area (Å²) in [6.45, 7) is 3.03. The lowest BCUT2D eigenvalue weighted by atomic mass is 9.86. The SMILES string of the molecule is Cn1nc2c(cc1=O)C[C@@H](C(=O)N1CCN(c3cccc(Cl)c3)CC1)CC2. The average Bonchev–Trinajstić information content (AvgIpc) is 2.68. The van der Waals surface area contributed by atoms with E-state index in [-0.39, 0.29) is 17.4 Å². The number of fused-ring (bicyclic) bond motifs is 1. The first kappa shape index (κ1) is 18.0. The topological polar surface area (TPSA) is 58.4 Å². The zero-order valence-electron chi connectivity index (χ0n) is 15.4. The summed E-state index contributed by atoms with van der Waals surface area (Å²) >= 11 is 6.09. The lowest BCUT2D eigenvalue weighted by Gasteiger charge is -2.38. The summed E-state index contributed by atoms with van der Waals surface area (Å²) in [7, 11) is 1.67. The maximum absolute atomic E-state index is 13.0. The molecule has 0 spiro atoms. The van der Waals surface area contributed by atoms with Gasteiger partial charge in [0.2, 0.25) is 5.91 Å². The van der Waals surface area contributed by atoms with Crippen molar-refractivity contribution in [3.05, 3.63) is 57.0 Å². The first-order valence-electron chi connectivity index (χ1n) is 9.36. The Morgan fingerprint density at radius 1 is 1.19 bits per heavy atom. The molecule has 0 radical (unpaired) electrons. The summed E-state index contributed by atoms with van der Waals surface area (Å²) < 4.78 is 1.37. The third-order valence-electron chi connectivity index (χ3n) is 5.57. The highest BCUT2D eigenvalue weighted by Crippen LogP contribution is 2.26. The molecule has 2 aromatic rings. The highest BCUT2D eigenvalue weighted by molar-refractivity contribution is 6.30. The summed E-state index contributed by atoms with van der Waals surface area (Å²) in [5, 5.41) is 5.06. The molecule has 2 aliphatic rings. The smallest absolute Gasteiger partial charge is 0.266 e. The van der Waals surface area contributed by atoms with Gasteiger partial charge in [0.15, 0.2) is 0 Å². The minimum Gasteiger partial charge on any atom is -0.368 e. The van der Waals surface area contributed by atoms with Gasteiger partial charge in [0.25, 0.3) is 5.56 Å². The quantitative estimate of drug-likeness (QED) is 0.790. The van der Waals surface area contributed by atoms with Gasteiger partial charge in [-0.25, -0.2) is 4.68 Å². The van der Waals surface area contributed by atoms with Crippen molar-refractivity contribution in [3.8, 4) is 0 Å². The number of anilines is 1. The van der Waals surface area contributed by atoms with Crippen LogP contribution in [-0.2, 0) is 24.7 Å². The molecule has 0 saturated carbocycles. The summed E-state index contributed by atoms with van der Waals surface area (Å²) in [6, 6.07) is 9.47. The number of halogens is 1. The van der Waals surface area contributed by atoms with E-state index >= 15 is 0 Å². The first-order chi connectivity index (χ1) is 13.0. The summed E-state index contributed by atoms with van der Waals surface area (Å²) in [5.41, 5.74) is 2.87. The number of carbonyl (C=O) groups is 1.